The molecule has 1 radical (unpaired) electrons. The Hall–Kier alpha value is 1.25. The van der Waals surface area contributed by atoms with E-state index >= 15 is 0 Å². The largest absolute Gasteiger partial charge is 1.00 e. The van der Waals surface area contributed by atoms with Crippen LogP contribution >= 0.6 is 0 Å². The van der Waals surface area contributed by atoms with Crippen molar-refractivity contribution >= 4 is 23.7 Å². The van der Waals surface area contributed by atoms with Gasteiger partial charge in [-0.15, -0.1) is 34.8 Å². The van der Waals surface area contributed by atoms with Gasteiger partial charge in [0.1, 0.15) is 0 Å². The quantitative estimate of drug-likeness (QED) is 0.599. The summed E-state index contributed by atoms with van der Waals surface area (Å²) in [7, 11) is -0.466. The molecule has 0 bridgehead atoms. The summed E-state index contributed by atoms with van der Waals surface area (Å²) < 4.78 is 0. The Bertz CT molecular complexity index is 153. The van der Waals surface area contributed by atoms with Crippen molar-refractivity contribution in [3.63, 3.8) is 0 Å². The summed E-state index contributed by atoms with van der Waals surface area (Å²) in [5.41, 5.74) is 0. The van der Waals surface area contributed by atoms with Crippen molar-refractivity contribution in [3.8, 4) is 0 Å². The van der Waals surface area contributed by atoms with E-state index in [1.54, 1.807) is 0 Å². The first kappa shape index (κ1) is 16.7. The van der Waals surface area contributed by atoms with Crippen molar-refractivity contribution in [1.29, 1.82) is 0 Å². The second kappa shape index (κ2) is 4.85. The minimum atomic E-state index is -0.951. The molecule has 0 nitrogen and oxygen atoms in total. The van der Waals surface area contributed by atoms with Gasteiger partial charge in [0.2, 0.25) is 0 Å². The predicted octanol–water partition coefficient (Wildman–Crippen LogP) is 0.535. The molecule has 0 rings (SSSR count). The minimum Gasteiger partial charge on any atom is -0.425 e. The molecule has 0 aliphatic rings. The molecule has 0 N–H and O–H groups in total. The summed E-state index contributed by atoms with van der Waals surface area (Å²) in [5.74, 6) is 0. The fourth-order valence-corrected chi connectivity index (χ4v) is 30.4. The van der Waals surface area contributed by atoms with Gasteiger partial charge in [-0.2, -0.15) is 0 Å². The van der Waals surface area contributed by atoms with Gasteiger partial charge in [0.15, 0.2) is 0 Å². The smallest absolute Gasteiger partial charge is 0.425 e. The van der Waals surface area contributed by atoms with Gasteiger partial charge < -0.3 is 8.55 Å². The molecule has 0 saturated carbocycles. The Balaban J connectivity index is 0. The van der Waals surface area contributed by atoms with Crippen LogP contribution in [0, 0.1) is 0 Å². The molecule has 0 spiro atoms. The van der Waals surface area contributed by atoms with Crippen LogP contribution in [-0.4, -0.2) is 23.7 Å². The van der Waals surface area contributed by atoms with Gasteiger partial charge in [0.05, 0.1) is 0 Å². The van der Waals surface area contributed by atoms with Crippen LogP contribution in [0.3, 0.4) is 0 Å². The van der Waals surface area contributed by atoms with E-state index in [0.29, 0.717) is 5.04 Å². The molecule has 0 heterocycles. The zero-order chi connectivity index (χ0) is 10.2. The Labute approximate surface area is 101 Å². The number of hydrogen-bond acceptors (Lipinski definition) is 0. The summed E-state index contributed by atoms with van der Waals surface area (Å²) in [6, 6.07) is 0. The molecule has 0 unspecified atom stereocenters. The van der Waals surface area contributed by atoms with Crippen molar-refractivity contribution in [2.24, 2.45) is 0 Å². The topological polar surface area (TPSA) is 0 Å². The number of rotatable bonds is 2. The van der Waals surface area contributed by atoms with Crippen LogP contribution in [0.2, 0.25) is 37.8 Å². The fraction of sp³-hybridized carbons (Fsp3) is 1.00. The average Bonchev–Trinajstić information content (AvgIpc) is 1.52. The maximum absolute atomic E-state index is 2.56. The van der Waals surface area contributed by atoms with E-state index in [-0.39, 0.29) is 18.9 Å². The molecular weight excluding hydrogens is 199 g/mol. The summed E-state index contributed by atoms with van der Waals surface area (Å²) in [6.45, 7) is 19.9. The van der Waals surface area contributed by atoms with Crippen LogP contribution in [0.5, 0.6) is 0 Å². The van der Waals surface area contributed by atoms with Crippen molar-refractivity contribution in [2.45, 2.75) is 58.5 Å². The van der Waals surface area contributed by atoms with Gasteiger partial charge in [-0.05, 0) is 0 Å². The summed E-state index contributed by atoms with van der Waals surface area (Å²) in [5, 5.41) is 0.589. The van der Waals surface area contributed by atoms with Crippen LogP contribution in [0.25, 0.3) is 0 Å². The van der Waals surface area contributed by atoms with E-state index in [4.69, 9.17) is 0 Å². The molecule has 0 aromatic rings. The van der Waals surface area contributed by atoms with Crippen molar-refractivity contribution in [2.75, 3.05) is 0 Å². The first-order valence-corrected chi connectivity index (χ1v) is 14.2. The van der Waals surface area contributed by atoms with E-state index in [1.165, 1.54) is 8.55 Å². The zero-order valence-electron chi connectivity index (χ0n) is 11.0. The Morgan fingerprint density at radius 1 is 0.846 bits per heavy atom. The number of hydrogen-bond donors (Lipinski definition) is 0. The fourth-order valence-electron chi connectivity index (χ4n) is 1.12. The SMILES string of the molecule is CC(C)(C)[Si](C)(C)[Si-][Si](C)(C)C.[Li+]. The molecule has 0 saturated heterocycles. The Morgan fingerprint density at radius 3 is 1.23 bits per heavy atom. The standard InChI is InChI=1S/C9H24Si3.Li/c1-9(2,3)12(7,8)10-11(4,5)6;/h1-8H3;/q-1;+1. The second-order valence-corrected chi connectivity index (χ2v) is 27.0. The van der Waals surface area contributed by atoms with Crippen molar-refractivity contribution in [3.05, 3.63) is 0 Å². The molecule has 0 aromatic heterocycles. The summed E-state index contributed by atoms with van der Waals surface area (Å²) in [4.78, 5) is 0. The van der Waals surface area contributed by atoms with Gasteiger partial charge in [0, 0.05) is 0 Å². The maximum Gasteiger partial charge on any atom is 1.00 e. The molecule has 0 aliphatic carbocycles. The van der Waals surface area contributed by atoms with Gasteiger partial charge >= 0.3 is 18.9 Å². The Morgan fingerprint density at radius 2 is 1.15 bits per heavy atom. The van der Waals surface area contributed by atoms with Crippen LogP contribution in [0.15, 0.2) is 0 Å². The molecule has 4 heteroatoms. The molecule has 0 amide bonds. The predicted molar refractivity (Wildman–Crippen MR) is 66.3 cm³/mol. The molecule has 0 atom stereocenters. The van der Waals surface area contributed by atoms with Crippen LogP contribution in [0.4, 0.5) is 0 Å². The minimum absolute atomic E-state index is 0. The molecule has 0 aromatic carbocycles. The van der Waals surface area contributed by atoms with Crippen LogP contribution in [-0.2, 0) is 0 Å². The third-order valence-corrected chi connectivity index (χ3v) is 26.4. The average molecular weight is 223 g/mol. The second-order valence-electron chi connectivity index (χ2n) is 6.25. The van der Waals surface area contributed by atoms with Crippen LogP contribution < -0.4 is 18.9 Å². The van der Waals surface area contributed by atoms with Crippen molar-refractivity contribution in [1.82, 2.24) is 0 Å². The molecule has 0 aliphatic heterocycles. The van der Waals surface area contributed by atoms with Gasteiger partial charge in [-0.1, -0.05) is 38.9 Å². The normalized spacial score (nSPS) is 13.8. The van der Waals surface area contributed by atoms with E-state index in [9.17, 15) is 0 Å². The van der Waals surface area contributed by atoms with Crippen LogP contribution in [0.1, 0.15) is 20.8 Å². The third kappa shape index (κ3) is 6.35. The summed E-state index contributed by atoms with van der Waals surface area (Å²) in [6.07, 6.45) is 0. The zero-order valence-corrected chi connectivity index (χ0v) is 14.0. The maximum atomic E-state index is 2.56. The molecule has 13 heavy (non-hydrogen) atoms. The first-order valence-electron chi connectivity index (χ1n) is 4.75. The van der Waals surface area contributed by atoms with Gasteiger partial charge in [-0.3, -0.25) is 0 Å². The monoisotopic (exact) mass is 223 g/mol. The van der Waals surface area contributed by atoms with Crippen molar-refractivity contribution < 1.29 is 18.9 Å². The molecular formula is C9H24LiSi3. The third-order valence-electron chi connectivity index (χ3n) is 2.56. The Kier molecular flexibility index (Phi) is 6.22. The summed E-state index contributed by atoms with van der Waals surface area (Å²) >= 11 is 0. The van der Waals surface area contributed by atoms with Gasteiger partial charge in [0.25, 0.3) is 0 Å². The van der Waals surface area contributed by atoms with E-state index < -0.39 is 15.2 Å². The molecule has 73 valence electrons. The van der Waals surface area contributed by atoms with E-state index in [2.05, 4.69) is 53.5 Å². The van der Waals surface area contributed by atoms with E-state index in [0.717, 1.165) is 0 Å². The molecule has 0 fully saturated rings. The van der Waals surface area contributed by atoms with Gasteiger partial charge in [-0.25, -0.2) is 0 Å². The first-order chi connectivity index (χ1) is 4.96. The van der Waals surface area contributed by atoms with E-state index in [1.807, 2.05) is 0 Å².